The van der Waals surface area contributed by atoms with Crippen molar-refractivity contribution in [3.8, 4) is 18.1 Å². The lowest BCUT2D eigenvalue weighted by molar-refractivity contribution is -0.0828. The first-order valence-corrected chi connectivity index (χ1v) is 6.90. The summed E-state index contributed by atoms with van der Waals surface area (Å²) in [5.74, 6) is 2.74. The maximum absolute atomic E-state index is 12.9. The molecule has 0 bridgehead atoms. The molecule has 1 heterocycles. The highest BCUT2D eigenvalue weighted by atomic mass is 19.1. The molecule has 0 saturated heterocycles. The minimum absolute atomic E-state index is 0.0198. The van der Waals surface area contributed by atoms with Gasteiger partial charge in [-0.3, -0.25) is 0 Å². The lowest BCUT2D eigenvalue weighted by Crippen LogP contribution is -2.51. The summed E-state index contributed by atoms with van der Waals surface area (Å²) in [6.45, 7) is 3.77. The fourth-order valence-corrected chi connectivity index (χ4v) is 1.97. The minimum Gasteiger partial charge on any atom is -0.490 e. The van der Waals surface area contributed by atoms with Crippen molar-refractivity contribution in [2.24, 2.45) is 5.41 Å². The predicted octanol–water partition coefficient (Wildman–Crippen LogP) is 2.49. The van der Waals surface area contributed by atoms with Crippen molar-refractivity contribution in [2.75, 3.05) is 6.61 Å². The zero-order valence-electron chi connectivity index (χ0n) is 12.7. The standard InChI is InChI=1S/C17H19FN2O2/c1-4-16(2,3)17(21,11-20-10-9-19-13-20)12-22-15-7-5-14(18)6-8-15/h1,5-10,13,21H,11-12H2,2-3H3. The van der Waals surface area contributed by atoms with E-state index in [1.807, 2.05) is 0 Å². The monoisotopic (exact) mass is 302 g/mol. The maximum Gasteiger partial charge on any atom is 0.132 e. The average molecular weight is 302 g/mol. The largest absolute Gasteiger partial charge is 0.490 e. The molecule has 0 spiro atoms. The molecule has 0 aliphatic carbocycles. The number of imidazole rings is 1. The van der Waals surface area contributed by atoms with E-state index in [1.165, 1.54) is 24.3 Å². The van der Waals surface area contributed by atoms with Crippen LogP contribution in [0.25, 0.3) is 0 Å². The van der Waals surface area contributed by atoms with Gasteiger partial charge >= 0.3 is 0 Å². The SMILES string of the molecule is C#CC(C)(C)C(O)(COc1ccc(F)cc1)Cn1ccnc1. The van der Waals surface area contributed by atoms with Gasteiger partial charge in [0.05, 0.1) is 18.3 Å². The number of aliphatic hydroxyl groups is 1. The summed E-state index contributed by atoms with van der Waals surface area (Å²) < 4.78 is 20.3. The highest BCUT2D eigenvalue weighted by Gasteiger charge is 2.43. The van der Waals surface area contributed by atoms with Crippen molar-refractivity contribution >= 4 is 0 Å². The van der Waals surface area contributed by atoms with Crippen LogP contribution in [0.15, 0.2) is 43.0 Å². The maximum atomic E-state index is 12.9. The number of benzene rings is 1. The van der Waals surface area contributed by atoms with Crippen molar-refractivity contribution in [3.63, 3.8) is 0 Å². The van der Waals surface area contributed by atoms with E-state index in [1.54, 1.807) is 37.1 Å². The molecular weight excluding hydrogens is 283 g/mol. The van der Waals surface area contributed by atoms with E-state index in [2.05, 4.69) is 10.9 Å². The van der Waals surface area contributed by atoms with Crippen molar-refractivity contribution in [1.29, 1.82) is 0 Å². The van der Waals surface area contributed by atoms with E-state index >= 15 is 0 Å². The number of ether oxygens (including phenoxy) is 1. The van der Waals surface area contributed by atoms with E-state index < -0.39 is 11.0 Å². The zero-order chi connectivity index (χ0) is 16.2. The Morgan fingerprint density at radius 2 is 2.05 bits per heavy atom. The molecule has 1 N–H and O–H groups in total. The van der Waals surface area contributed by atoms with E-state index in [0.29, 0.717) is 5.75 Å². The third-order valence-electron chi connectivity index (χ3n) is 3.82. The molecule has 0 saturated carbocycles. The zero-order valence-corrected chi connectivity index (χ0v) is 12.7. The molecule has 1 unspecified atom stereocenters. The summed E-state index contributed by atoms with van der Waals surface area (Å²) in [5.41, 5.74) is -2.13. The van der Waals surface area contributed by atoms with Gasteiger partial charge in [0.2, 0.25) is 0 Å². The summed E-state index contributed by atoms with van der Waals surface area (Å²) in [5, 5.41) is 11.0. The van der Waals surface area contributed by atoms with E-state index in [4.69, 9.17) is 11.2 Å². The van der Waals surface area contributed by atoms with Gasteiger partial charge < -0.3 is 14.4 Å². The molecule has 0 radical (unpaired) electrons. The molecule has 5 heteroatoms. The topological polar surface area (TPSA) is 47.3 Å². The smallest absolute Gasteiger partial charge is 0.132 e. The second-order valence-electron chi connectivity index (χ2n) is 5.78. The molecule has 4 nitrogen and oxygen atoms in total. The molecule has 2 aromatic rings. The predicted molar refractivity (Wildman–Crippen MR) is 81.7 cm³/mol. The van der Waals surface area contributed by atoms with Gasteiger partial charge in [0, 0.05) is 12.4 Å². The lowest BCUT2D eigenvalue weighted by atomic mass is 9.75. The Labute approximate surface area is 129 Å². The molecule has 1 aromatic heterocycles. The van der Waals surface area contributed by atoms with E-state index in [-0.39, 0.29) is 19.0 Å². The molecule has 116 valence electrons. The highest BCUT2D eigenvalue weighted by molar-refractivity contribution is 5.23. The van der Waals surface area contributed by atoms with Gasteiger partial charge in [0.25, 0.3) is 0 Å². The fraction of sp³-hybridized carbons (Fsp3) is 0.353. The van der Waals surface area contributed by atoms with Crippen LogP contribution in [0.4, 0.5) is 4.39 Å². The number of halogens is 1. The summed E-state index contributed by atoms with van der Waals surface area (Å²) in [4.78, 5) is 3.96. The van der Waals surface area contributed by atoms with Crippen LogP contribution in [0.3, 0.4) is 0 Å². The second-order valence-corrected chi connectivity index (χ2v) is 5.78. The van der Waals surface area contributed by atoms with Crippen molar-refractivity contribution in [3.05, 3.63) is 48.8 Å². The summed E-state index contributed by atoms with van der Waals surface area (Å²) >= 11 is 0. The van der Waals surface area contributed by atoms with Crippen LogP contribution in [0.5, 0.6) is 5.75 Å². The number of aromatic nitrogens is 2. The van der Waals surface area contributed by atoms with Crippen LogP contribution in [-0.4, -0.2) is 26.9 Å². The van der Waals surface area contributed by atoms with Gasteiger partial charge in [-0.05, 0) is 38.1 Å². The third-order valence-corrected chi connectivity index (χ3v) is 3.82. The number of hydrogen-bond donors (Lipinski definition) is 1. The Hall–Kier alpha value is -2.32. The number of hydrogen-bond acceptors (Lipinski definition) is 3. The van der Waals surface area contributed by atoms with Gasteiger partial charge in [-0.25, -0.2) is 9.37 Å². The molecular formula is C17H19FN2O2. The van der Waals surface area contributed by atoms with E-state index in [0.717, 1.165) is 0 Å². The van der Waals surface area contributed by atoms with Gasteiger partial charge in [-0.15, -0.1) is 6.42 Å². The quantitative estimate of drug-likeness (QED) is 0.834. The minimum atomic E-state index is -1.31. The summed E-state index contributed by atoms with van der Waals surface area (Å²) in [6, 6.07) is 5.62. The molecule has 0 aliphatic rings. The Morgan fingerprint density at radius 3 is 2.59 bits per heavy atom. The third kappa shape index (κ3) is 3.46. The first kappa shape index (κ1) is 16.1. The van der Waals surface area contributed by atoms with Crippen LogP contribution >= 0.6 is 0 Å². The van der Waals surface area contributed by atoms with Crippen LogP contribution in [0.2, 0.25) is 0 Å². The first-order chi connectivity index (χ1) is 10.4. The van der Waals surface area contributed by atoms with Gasteiger partial charge in [-0.2, -0.15) is 0 Å². The molecule has 1 aromatic carbocycles. The first-order valence-electron chi connectivity index (χ1n) is 6.90. The second kappa shape index (κ2) is 6.20. The molecule has 0 amide bonds. The number of nitrogens with zero attached hydrogens (tertiary/aromatic N) is 2. The molecule has 2 rings (SSSR count). The molecule has 0 fully saturated rings. The Bertz CT molecular complexity index is 644. The van der Waals surface area contributed by atoms with E-state index in [9.17, 15) is 9.50 Å². The van der Waals surface area contributed by atoms with Crippen molar-refractivity contribution in [1.82, 2.24) is 9.55 Å². The Morgan fingerprint density at radius 1 is 1.36 bits per heavy atom. The van der Waals surface area contributed by atoms with Gasteiger partial charge in [0.1, 0.15) is 23.8 Å². The van der Waals surface area contributed by atoms with Crippen molar-refractivity contribution < 1.29 is 14.2 Å². The van der Waals surface area contributed by atoms with Crippen LogP contribution in [-0.2, 0) is 6.54 Å². The molecule has 22 heavy (non-hydrogen) atoms. The number of rotatable bonds is 6. The van der Waals surface area contributed by atoms with Crippen LogP contribution in [0.1, 0.15) is 13.8 Å². The summed E-state index contributed by atoms with van der Waals surface area (Å²) in [6.07, 6.45) is 10.6. The lowest BCUT2D eigenvalue weighted by Gasteiger charge is -2.39. The van der Waals surface area contributed by atoms with Crippen LogP contribution in [0, 0.1) is 23.6 Å². The summed E-state index contributed by atoms with van der Waals surface area (Å²) in [7, 11) is 0. The molecule has 1 atom stereocenters. The Kier molecular flexibility index (Phi) is 4.53. The van der Waals surface area contributed by atoms with Gasteiger partial charge in [0.15, 0.2) is 0 Å². The fourth-order valence-electron chi connectivity index (χ4n) is 1.97. The molecule has 0 aliphatic heterocycles. The van der Waals surface area contributed by atoms with Crippen LogP contribution < -0.4 is 4.74 Å². The highest BCUT2D eigenvalue weighted by Crippen LogP contribution is 2.32. The normalized spacial score (nSPS) is 14.1. The number of terminal acetylenes is 1. The average Bonchev–Trinajstić information content (AvgIpc) is 2.99. The van der Waals surface area contributed by atoms with Crippen molar-refractivity contribution in [2.45, 2.75) is 26.0 Å². The Balaban J connectivity index is 2.17. The van der Waals surface area contributed by atoms with Gasteiger partial charge in [-0.1, -0.05) is 5.92 Å².